The minimum atomic E-state index is -1.51. The lowest BCUT2D eigenvalue weighted by Gasteiger charge is -2.39. The van der Waals surface area contributed by atoms with Crippen molar-refractivity contribution in [2.24, 2.45) is 5.92 Å². The number of ether oxygens (including phenoxy) is 1. The predicted molar refractivity (Wildman–Crippen MR) is 55.8 cm³/mol. The van der Waals surface area contributed by atoms with Gasteiger partial charge in [0.2, 0.25) is 5.72 Å². The maximum absolute atomic E-state index is 11.5. The van der Waals surface area contributed by atoms with Gasteiger partial charge in [-0.2, -0.15) is 0 Å². The van der Waals surface area contributed by atoms with Gasteiger partial charge < -0.3 is 9.84 Å². The zero-order valence-electron chi connectivity index (χ0n) is 8.74. The van der Waals surface area contributed by atoms with Crippen molar-refractivity contribution >= 4 is 17.7 Å². The zero-order valence-corrected chi connectivity index (χ0v) is 9.56. The Hall–Kier alpha value is -0.260. The Bertz CT molecular complexity index is 224. The maximum atomic E-state index is 11.5. The molecule has 0 aromatic rings. The van der Waals surface area contributed by atoms with Crippen LogP contribution in [0.4, 0.5) is 0 Å². The summed E-state index contributed by atoms with van der Waals surface area (Å²) in [4.78, 5) is 11.5. The Labute approximate surface area is 88.4 Å². The number of hydrogen-bond donors (Lipinski definition) is 2. The molecular formula is C9H17NO3S. The molecule has 4 nitrogen and oxygen atoms in total. The summed E-state index contributed by atoms with van der Waals surface area (Å²) in [5, 5.41) is 13.1. The second-order valence-electron chi connectivity index (χ2n) is 3.51. The number of carbonyl (C=O) groups is 1. The quantitative estimate of drug-likeness (QED) is 0.664. The summed E-state index contributed by atoms with van der Waals surface area (Å²) < 4.78 is 4.84. The number of esters is 1. The fourth-order valence-corrected chi connectivity index (χ4v) is 2.49. The van der Waals surface area contributed by atoms with Crippen molar-refractivity contribution in [2.45, 2.75) is 31.9 Å². The minimum absolute atomic E-state index is 0.0700. The molecule has 82 valence electrons. The Balaban J connectivity index is 2.72. The second kappa shape index (κ2) is 4.51. The first-order chi connectivity index (χ1) is 6.50. The molecule has 1 fully saturated rings. The van der Waals surface area contributed by atoms with Crippen LogP contribution in [-0.4, -0.2) is 34.5 Å². The zero-order chi connectivity index (χ0) is 10.8. The van der Waals surface area contributed by atoms with Crippen molar-refractivity contribution in [3.8, 4) is 0 Å². The molecule has 2 N–H and O–H groups in total. The summed E-state index contributed by atoms with van der Waals surface area (Å²) in [6, 6.07) is 0. The summed E-state index contributed by atoms with van der Waals surface area (Å²) in [5.41, 5.74) is -1.51. The SMILES string of the molecule is CCOC(=O)C1(O)NC(C)SCC1C. The van der Waals surface area contributed by atoms with Gasteiger partial charge in [0.15, 0.2) is 0 Å². The number of nitrogens with one attached hydrogen (secondary N) is 1. The van der Waals surface area contributed by atoms with Gasteiger partial charge in [-0.1, -0.05) is 6.92 Å². The van der Waals surface area contributed by atoms with Gasteiger partial charge in [-0.25, -0.2) is 4.79 Å². The molecule has 1 aliphatic rings. The highest BCUT2D eigenvalue weighted by Gasteiger charge is 2.46. The Morgan fingerprint density at radius 1 is 1.71 bits per heavy atom. The van der Waals surface area contributed by atoms with E-state index < -0.39 is 11.7 Å². The van der Waals surface area contributed by atoms with Gasteiger partial charge in [-0.3, -0.25) is 5.32 Å². The van der Waals surface area contributed by atoms with Crippen LogP contribution in [0.15, 0.2) is 0 Å². The average molecular weight is 219 g/mol. The number of aliphatic hydroxyl groups is 1. The van der Waals surface area contributed by atoms with Crippen LogP contribution in [0.5, 0.6) is 0 Å². The molecular weight excluding hydrogens is 202 g/mol. The van der Waals surface area contributed by atoms with E-state index in [-0.39, 0.29) is 17.9 Å². The van der Waals surface area contributed by atoms with Crippen molar-refractivity contribution in [3.63, 3.8) is 0 Å². The molecule has 0 radical (unpaired) electrons. The Morgan fingerprint density at radius 3 is 2.93 bits per heavy atom. The predicted octanol–water partition coefficient (Wildman–Crippen LogP) is 0.557. The van der Waals surface area contributed by atoms with Gasteiger partial charge in [0, 0.05) is 11.7 Å². The maximum Gasteiger partial charge on any atom is 0.354 e. The molecule has 1 aliphatic heterocycles. The molecule has 0 aromatic heterocycles. The summed E-state index contributed by atoms with van der Waals surface area (Å²) in [5.74, 6) is 0.0473. The first-order valence-electron chi connectivity index (χ1n) is 4.79. The standard InChI is InChI=1S/C9H17NO3S/c1-4-13-8(11)9(12)6(2)5-14-7(3)10-9/h6-7,10,12H,4-5H2,1-3H3. The van der Waals surface area contributed by atoms with Crippen LogP contribution in [-0.2, 0) is 9.53 Å². The van der Waals surface area contributed by atoms with Crippen LogP contribution in [0.25, 0.3) is 0 Å². The highest BCUT2D eigenvalue weighted by Crippen LogP contribution is 2.29. The number of carbonyl (C=O) groups excluding carboxylic acids is 1. The van der Waals surface area contributed by atoms with E-state index in [0.717, 1.165) is 5.75 Å². The van der Waals surface area contributed by atoms with Crippen molar-refractivity contribution in [1.29, 1.82) is 0 Å². The number of thioether (sulfide) groups is 1. The molecule has 0 aromatic carbocycles. The summed E-state index contributed by atoms with van der Waals surface area (Å²) >= 11 is 1.69. The third kappa shape index (κ3) is 2.21. The number of rotatable bonds is 2. The first kappa shape index (κ1) is 11.8. The lowest BCUT2D eigenvalue weighted by molar-refractivity contribution is -0.175. The van der Waals surface area contributed by atoms with E-state index in [1.807, 2.05) is 13.8 Å². The van der Waals surface area contributed by atoms with Gasteiger partial charge >= 0.3 is 5.97 Å². The largest absolute Gasteiger partial charge is 0.463 e. The molecule has 0 spiro atoms. The lowest BCUT2D eigenvalue weighted by Crippen LogP contribution is -2.62. The normalized spacial score (nSPS) is 38.0. The monoisotopic (exact) mass is 219 g/mol. The van der Waals surface area contributed by atoms with E-state index in [4.69, 9.17) is 4.74 Å². The Morgan fingerprint density at radius 2 is 2.36 bits per heavy atom. The highest BCUT2D eigenvalue weighted by molar-refractivity contribution is 7.99. The van der Waals surface area contributed by atoms with Crippen LogP contribution < -0.4 is 5.32 Å². The van der Waals surface area contributed by atoms with Gasteiger partial charge in [0.25, 0.3) is 0 Å². The van der Waals surface area contributed by atoms with E-state index in [2.05, 4.69) is 5.32 Å². The summed E-state index contributed by atoms with van der Waals surface area (Å²) in [6.07, 6.45) is 0. The highest BCUT2D eigenvalue weighted by atomic mass is 32.2. The van der Waals surface area contributed by atoms with Crippen molar-refractivity contribution in [3.05, 3.63) is 0 Å². The van der Waals surface area contributed by atoms with Crippen LogP contribution in [0, 0.1) is 5.92 Å². The number of hydrogen-bond acceptors (Lipinski definition) is 5. The molecule has 3 atom stereocenters. The molecule has 1 saturated heterocycles. The van der Waals surface area contributed by atoms with Crippen molar-refractivity contribution in [1.82, 2.24) is 5.32 Å². The molecule has 5 heteroatoms. The molecule has 0 aliphatic carbocycles. The van der Waals surface area contributed by atoms with E-state index in [9.17, 15) is 9.90 Å². The molecule has 0 bridgehead atoms. The van der Waals surface area contributed by atoms with Crippen LogP contribution >= 0.6 is 11.8 Å². The summed E-state index contributed by atoms with van der Waals surface area (Å²) in [7, 11) is 0. The van der Waals surface area contributed by atoms with E-state index in [0.29, 0.717) is 0 Å². The van der Waals surface area contributed by atoms with Gasteiger partial charge in [-0.15, -0.1) is 11.8 Å². The first-order valence-corrected chi connectivity index (χ1v) is 5.84. The lowest BCUT2D eigenvalue weighted by atomic mass is 9.99. The summed E-state index contributed by atoms with van der Waals surface area (Å²) in [6.45, 7) is 5.77. The molecule has 0 amide bonds. The topological polar surface area (TPSA) is 58.6 Å². The smallest absolute Gasteiger partial charge is 0.354 e. The van der Waals surface area contributed by atoms with Crippen molar-refractivity contribution < 1.29 is 14.6 Å². The molecule has 3 unspecified atom stereocenters. The second-order valence-corrected chi connectivity index (χ2v) is 4.88. The molecule has 14 heavy (non-hydrogen) atoms. The van der Waals surface area contributed by atoms with E-state index >= 15 is 0 Å². The fourth-order valence-electron chi connectivity index (χ4n) is 1.40. The third-order valence-corrected chi connectivity index (χ3v) is 3.63. The molecule has 0 saturated carbocycles. The van der Waals surface area contributed by atoms with Gasteiger partial charge in [0.1, 0.15) is 0 Å². The van der Waals surface area contributed by atoms with E-state index in [1.165, 1.54) is 0 Å². The Kier molecular flexibility index (Phi) is 3.80. The van der Waals surface area contributed by atoms with Crippen molar-refractivity contribution in [2.75, 3.05) is 12.4 Å². The molecule has 1 rings (SSSR count). The van der Waals surface area contributed by atoms with E-state index in [1.54, 1.807) is 18.7 Å². The minimum Gasteiger partial charge on any atom is -0.463 e. The fraction of sp³-hybridized carbons (Fsp3) is 0.889. The van der Waals surface area contributed by atoms with Gasteiger partial charge in [0.05, 0.1) is 12.0 Å². The molecule has 1 heterocycles. The van der Waals surface area contributed by atoms with Crippen LogP contribution in [0.3, 0.4) is 0 Å². The van der Waals surface area contributed by atoms with Gasteiger partial charge in [-0.05, 0) is 13.8 Å². The van der Waals surface area contributed by atoms with Crippen LogP contribution in [0.2, 0.25) is 0 Å². The average Bonchev–Trinajstić information content (AvgIpc) is 2.12. The van der Waals surface area contributed by atoms with Crippen LogP contribution in [0.1, 0.15) is 20.8 Å². The third-order valence-electron chi connectivity index (χ3n) is 2.32.